The zero-order valence-electron chi connectivity index (χ0n) is 20.4. The van der Waals surface area contributed by atoms with Gasteiger partial charge >= 0.3 is 12.1 Å². The van der Waals surface area contributed by atoms with Crippen molar-refractivity contribution >= 4 is 18.0 Å². The number of hydrogen-bond donors (Lipinski definition) is 3. The maximum absolute atomic E-state index is 12.4. The van der Waals surface area contributed by atoms with E-state index >= 15 is 0 Å². The molecule has 0 saturated heterocycles. The molecule has 3 N–H and O–H groups in total. The van der Waals surface area contributed by atoms with Crippen molar-refractivity contribution in [3.8, 4) is 11.1 Å². The van der Waals surface area contributed by atoms with E-state index in [1.54, 1.807) is 13.8 Å². The summed E-state index contributed by atoms with van der Waals surface area (Å²) in [5.41, 5.74) is 3.78. The Kier molecular flexibility index (Phi) is 7.43. The standard InChI is InChI=1S/C28H34N2O5/c1-28(2,26(32)33)17-30-25(31)19-13-11-18(12-14-19)15-29-27(34)35-16-24-22-9-5-3-7-20(22)21-8-4-6-10-23(21)24/h3-10,18-19,24H,11-17H2,1-2H3,(H,29,34)(H,30,31)(H,32,33). The third-order valence-electron chi connectivity index (χ3n) is 7.38. The first-order chi connectivity index (χ1) is 16.8. The van der Waals surface area contributed by atoms with E-state index in [1.807, 2.05) is 24.3 Å². The van der Waals surface area contributed by atoms with Gasteiger partial charge in [0.1, 0.15) is 6.61 Å². The molecule has 0 bridgehead atoms. The van der Waals surface area contributed by atoms with Crippen molar-refractivity contribution in [2.45, 2.75) is 45.4 Å². The smallest absolute Gasteiger partial charge is 0.407 e. The SMILES string of the molecule is CC(C)(CNC(=O)C1CCC(CNC(=O)OCC2c3ccccc3-c3ccccc32)CC1)C(=O)O. The third kappa shape index (κ3) is 5.66. The molecule has 0 atom stereocenters. The van der Waals surface area contributed by atoms with Crippen LogP contribution in [0.25, 0.3) is 11.1 Å². The summed E-state index contributed by atoms with van der Waals surface area (Å²) in [6, 6.07) is 16.5. The number of ether oxygens (including phenoxy) is 1. The van der Waals surface area contributed by atoms with E-state index < -0.39 is 17.5 Å². The molecule has 2 amide bonds. The van der Waals surface area contributed by atoms with Crippen LogP contribution in [0.4, 0.5) is 4.79 Å². The third-order valence-corrected chi connectivity index (χ3v) is 7.38. The van der Waals surface area contributed by atoms with Gasteiger partial charge in [-0.25, -0.2) is 4.79 Å². The minimum Gasteiger partial charge on any atom is -0.481 e. The molecular formula is C28H34N2O5. The molecule has 35 heavy (non-hydrogen) atoms. The highest BCUT2D eigenvalue weighted by Gasteiger charge is 2.32. The van der Waals surface area contributed by atoms with Crippen LogP contribution in [0.5, 0.6) is 0 Å². The molecule has 2 aromatic carbocycles. The van der Waals surface area contributed by atoms with Crippen molar-refractivity contribution in [1.29, 1.82) is 0 Å². The van der Waals surface area contributed by atoms with Crippen LogP contribution in [0.3, 0.4) is 0 Å². The van der Waals surface area contributed by atoms with E-state index in [4.69, 9.17) is 4.74 Å². The lowest BCUT2D eigenvalue weighted by Crippen LogP contribution is -2.42. The van der Waals surface area contributed by atoms with E-state index in [0.29, 0.717) is 19.1 Å². The molecule has 1 saturated carbocycles. The van der Waals surface area contributed by atoms with Crippen molar-refractivity contribution in [2.24, 2.45) is 17.3 Å². The lowest BCUT2D eigenvalue weighted by molar-refractivity contribution is -0.147. The molecule has 7 nitrogen and oxygen atoms in total. The number of carbonyl (C=O) groups excluding carboxylic acids is 2. The fourth-order valence-corrected chi connectivity index (χ4v) is 5.03. The molecule has 0 radical (unpaired) electrons. The van der Waals surface area contributed by atoms with Crippen LogP contribution in [0, 0.1) is 17.3 Å². The zero-order valence-corrected chi connectivity index (χ0v) is 20.4. The molecule has 0 aromatic heterocycles. The molecule has 0 heterocycles. The lowest BCUT2D eigenvalue weighted by atomic mass is 9.81. The summed E-state index contributed by atoms with van der Waals surface area (Å²) < 4.78 is 5.61. The van der Waals surface area contributed by atoms with E-state index in [9.17, 15) is 19.5 Å². The van der Waals surface area contributed by atoms with Gasteiger partial charge in [0, 0.05) is 24.9 Å². The Bertz CT molecular complexity index is 1040. The summed E-state index contributed by atoms with van der Waals surface area (Å²) in [5.74, 6) is -0.781. The fourth-order valence-electron chi connectivity index (χ4n) is 5.03. The van der Waals surface area contributed by atoms with Crippen LogP contribution in [0.1, 0.15) is 56.6 Å². The van der Waals surface area contributed by atoms with Gasteiger partial charge in [-0.3, -0.25) is 9.59 Å². The van der Waals surface area contributed by atoms with E-state index in [2.05, 4.69) is 34.9 Å². The Hall–Kier alpha value is -3.35. The zero-order chi connectivity index (χ0) is 25.0. The molecule has 0 spiro atoms. The molecule has 2 aliphatic rings. The molecule has 0 aliphatic heterocycles. The van der Waals surface area contributed by atoms with E-state index in [1.165, 1.54) is 22.3 Å². The van der Waals surface area contributed by atoms with Gasteiger partial charge in [-0.15, -0.1) is 0 Å². The molecule has 186 valence electrons. The molecule has 2 aliphatic carbocycles. The van der Waals surface area contributed by atoms with Crippen LogP contribution in [0.15, 0.2) is 48.5 Å². The number of fused-ring (bicyclic) bond motifs is 3. The number of nitrogens with one attached hydrogen (secondary N) is 2. The van der Waals surface area contributed by atoms with Gasteiger partial charge in [0.15, 0.2) is 0 Å². The average molecular weight is 479 g/mol. The number of hydrogen-bond acceptors (Lipinski definition) is 4. The van der Waals surface area contributed by atoms with Crippen LogP contribution < -0.4 is 10.6 Å². The van der Waals surface area contributed by atoms with Gasteiger partial charge in [0.2, 0.25) is 5.91 Å². The molecule has 7 heteroatoms. The minimum absolute atomic E-state index is 0.0354. The van der Waals surface area contributed by atoms with Gasteiger partial charge in [0.05, 0.1) is 5.41 Å². The summed E-state index contributed by atoms with van der Waals surface area (Å²) in [7, 11) is 0. The number of alkyl carbamates (subject to hydrolysis) is 1. The van der Waals surface area contributed by atoms with Crippen molar-refractivity contribution in [1.82, 2.24) is 10.6 Å². The normalized spacial score (nSPS) is 19.4. The van der Waals surface area contributed by atoms with Crippen molar-refractivity contribution < 1.29 is 24.2 Å². The van der Waals surface area contributed by atoms with Crippen LogP contribution >= 0.6 is 0 Å². The minimum atomic E-state index is -0.986. The maximum atomic E-state index is 12.4. The first-order valence-corrected chi connectivity index (χ1v) is 12.4. The largest absolute Gasteiger partial charge is 0.481 e. The topological polar surface area (TPSA) is 105 Å². The van der Waals surface area contributed by atoms with Gasteiger partial charge in [-0.1, -0.05) is 48.5 Å². The maximum Gasteiger partial charge on any atom is 0.407 e. The number of carboxylic acid groups (broad SMARTS) is 1. The molecule has 0 unspecified atom stereocenters. The summed E-state index contributed by atoms with van der Waals surface area (Å²) >= 11 is 0. The Balaban J connectivity index is 1.20. The fraction of sp³-hybridized carbons (Fsp3) is 0.464. The van der Waals surface area contributed by atoms with Gasteiger partial charge < -0.3 is 20.5 Å². The van der Waals surface area contributed by atoms with Gasteiger partial charge in [0.25, 0.3) is 0 Å². The Morgan fingerprint density at radius 2 is 1.49 bits per heavy atom. The van der Waals surface area contributed by atoms with E-state index in [-0.39, 0.29) is 24.3 Å². The van der Waals surface area contributed by atoms with Gasteiger partial charge in [-0.2, -0.15) is 0 Å². The first-order valence-electron chi connectivity index (χ1n) is 12.4. The number of amides is 2. The number of benzene rings is 2. The lowest BCUT2D eigenvalue weighted by Gasteiger charge is -2.29. The van der Waals surface area contributed by atoms with Crippen molar-refractivity contribution in [2.75, 3.05) is 19.7 Å². The molecule has 2 aromatic rings. The molecular weight excluding hydrogens is 444 g/mol. The second-order valence-corrected chi connectivity index (χ2v) is 10.3. The Labute approximate surface area is 206 Å². The van der Waals surface area contributed by atoms with Crippen LogP contribution in [-0.2, 0) is 14.3 Å². The number of carbonyl (C=O) groups is 3. The quantitative estimate of drug-likeness (QED) is 0.516. The summed E-state index contributed by atoms with van der Waals surface area (Å²) in [6.45, 7) is 4.13. The van der Waals surface area contributed by atoms with Crippen LogP contribution in [0.2, 0.25) is 0 Å². The Morgan fingerprint density at radius 1 is 0.914 bits per heavy atom. The summed E-state index contributed by atoms with van der Waals surface area (Å²) in [5, 5.41) is 14.9. The predicted molar refractivity (Wildman–Crippen MR) is 133 cm³/mol. The second kappa shape index (κ2) is 10.5. The first kappa shape index (κ1) is 24.8. The highest BCUT2D eigenvalue weighted by Crippen LogP contribution is 2.44. The Morgan fingerprint density at radius 3 is 2.06 bits per heavy atom. The highest BCUT2D eigenvalue weighted by molar-refractivity contribution is 5.81. The summed E-state index contributed by atoms with van der Waals surface area (Å²) in [4.78, 5) is 36.1. The van der Waals surface area contributed by atoms with Gasteiger partial charge in [-0.05, 0) is 67.7 Å². The highest BCUT2D eigenvalue weighted by atomic mass is 16.5. The number of carboxylic acids is 1. The molecule has 1 fully saturated rings. The predicted octanol–water partition coefficient (Wildman–Crippen LogP) is 4.56. The van der Waals surface area contributed by atoms with Crippen molar-refractivity contribution in [3.63, 3.8) is 0 Å². The summed E-state index contributed by atoms with van der Waals surface area (Å²) in [6.07, 6.45) is 2.73. The van der Waals surface area contributed by atoms with E-state index in [0.717, 1.165) is 25.7 Å². The number of aliphatic carboxylic acids is 1. The average Bonchev–Trinajstić information content (AvgIpc) is 3.18. The monoisotopic (exact) mass is 478 g/mol. The molecule has 4 rings (SSSR count). The number of rotatable bonds is 8. The second-order valence-electron chi connectivity index (χ2n) is 10.3. The van der Waals surface area contributed by atoms with Crippen molar-refractivity contribution in [3.05, 3.63) is 59.7 Å². The van der Waals surface area contributed by atoms with Crippen LogP contribution in [-0.4, -0.2) is 42.8 Å².